The number of anilines is 1. The van der Waals surface area contributed by atoms with Gasteiger partial charge in [0.2, 0.25) is 0 Å². The first-order valence-corrected chi connectivity index (χ1v) is 13.0. The predicted octanol–water partition coefficient (Wildman–Crippen LogP) is 5.49. The minimum Gasteiger partial charge on any atom is -0.493 e. The Hall–Kier alpha value is -3.63. The SMILES string of the molecule is C[C@@H](/C=C/c1cnc(Oc2ccc(OCC3CC3)cc2Cl)s1)NC(=O)c1ccnc(NCCC(=O)O)c1. The minimum atomic E-state index is -0.909. The van der Waals surface area contributed by atoms with Crippen molar-refractivity contribution in [2.24, 2.45) is 5.92 Å². The highest BCUT2D eigenvalue weighted by atomic mass is 35.5. The molecular weight excluding hydrogens is 516 g/mol. The molecule has 37 heavy (non-hydrogen) atoms. The standard InChI is InChI=1S/C26H27ClN4O5S/c1-16(31-25(34)18-8-10-28-23(12-18)29-11-9-24(32)33)2-6-20-14-30-26(37-20)36-22-7-5-19(13-21(22)27)35-15-17-3-4-17/h2,5-8,10,12-14,16-17H,3-4,9,11,15H2,1H3,(H,28,29)(H,31,34)(H,32,33)/b6-2+/t16-/m0/s1. The summed E-state index contributed by atoms with van der Waals surface area (Å²) < 4.78 is 11.6. The number of carboxylic acid groups (broad SMARTS) is 1. The van der Waals surface area contributed by atoms with Crippen LogP contribution < -0.4 is 20.1 Å². The van der Waals surface area contributed by atoms with Crippen LogP contribution in [0.25, 0.3) is 6.08 Å². The molecule has 2 aromatic heterocycles. The van der Waals surface area contributed by atoms with Crippen molar-refractivity contribution < 1.29 is 24.2 Å². The zero-order valence-corrected chi connectivity index (χ0v) is 21.7. The maximum absolute atomic E-state index is 12.6. The number of carbonyl (C=O) groups excluding carboxylic acids is 1. The smallest absolute Gasteiger partial charge is 0.305 e. The van der Waals surface area contributed by atoms with Crippen molar-refractivity contribution in [1.82, 2.24) is 15.3 Å². The topological polar surface area (TPSA) is 123 Å². The Bertz CT molecular complexity index is 1280. The first kappa shape index (κ1) is 26.4. The van der Waals surface area contributed by atoms with Gasteiger partial charge in [0.1, 0.15) is 17.3 Å². The molecule has 1 amide bonds. The number of pyridine rings is 1. The predicted molar refractivity (Wildman–Crippen MR) is 143 cm³/mol. The lowest BCUT2D eigenvalue weighted by Gasteiger charge is -2.11. The number of benzene rings is 1. The van der Waals surface area contributed by atoms with Gasteiger partial charge in [0.05, 0.1) is 22.9 Å². The second-order valence-electron chi connectivity index (χ2n) is 8.60. The number of hydrogen-bond donors (Lipinski definition) is 3. The van der Waals surface area contributed by atoms with Gasteiger partial charge >= 0.3 is 5.97 Å². The zero-order valence-electron chi connectivity index (χ0n) is 20.1. The molecule has 0 unspecified atom stereocenters. The molecule has 1 fully saturated rings. The van der Waals surface area contributed by atoms with Crippen molar-refractivity contribution in [3.63, 3.8) is 0 Å². The molecule has 3 aromatic rings. The number of rotatable bonds is 13. The van der Waals surface area contributed by atoms with Crippen LogP contribution >= 0.6 is 22.9 Å². The molecule has 1 aliphatic rings. The second-order valence-corrected chi connectivity index (χ2v) is 10.0. The summed E-state index contributed by atoms with van der Waals surface area (Å²) in [6.45, 7) is 2.79. The summed E-state index contributed by atoms with van der Waals surface area (Å²) in [6, 6.07) is 8.27. The fourth-order valence-electron chi connectivity index (χ4n) is 3.18. The fraction of sp³-hybridized carbons (Fsp3) is 0.308. The fourth-order valence-corrected chi connectivity index (χ4v) is 4.08. The summed E-state index contributed by atoms with van der Waals surface area (Å²) in [5.74, 6) is 1.15. The van der Waals surface area contributed by atoms with E-state index in [1.807, 2.05) is 25.1 Å². The van der Waals surface area contributed by atoms with Crippen LogP contribution in [0.1, 0.15) is 41.4 Å². The number of hydrogen-bond acceptors (Lipinski definition) is 8. The van der Waals surface area contributed by atoms with E-state index < -0.39 is 5.97 Å². The number of carboxylic acids is 1. The number of nitrogens with zero attached hydrogens (tertiary/aromatic N) is 2. The number of ether oxygens (including phenoxy) is 2. The van der Waals surface area contributed by atoms with Gasteiger partial charge in [0, 0.05) is 36.6 Å². The Morgan fingerprint density at radius 1 is 1.27 bits per heavy atom. The maximum Gasteiger partial charge on any atom is 0.305 e. The third-order valence-corrected chi connectivity index (χ3v) is 6.50. The Morgan fingerprint density at radius 2 is 2.11 bits per heavy atom. The molecule has 0 aliphatic heterocycles. The molecular formula is C26H27ClN4O5S. The summed E-state index contributed by atoms with van der Waals surface area (Å²) in [6.07, 6.45) is 9.30. The number of thiazole rings is 1. The van der Waals surface area contributed by atoms with E-state index in [1.54, 1.807) is 30.5 Å². The Balaban J connectivity index is 1.27. The molecule has 3 N–H and O–H groups in total. The number of aromatic nitrogens is 2. The highest BCUT2D eigenvalue weighted by Crippen LogP contribution is 2.35. The van der Waals surface area contributed by atoms with Crippen molar-refractivity contribution >= 4 is 46.7 Å². The third kappa shape index (κ3) is 8.47. The van der Waals surface area contributed by atoms with E-state index in [0.717, 1.165) is 10.6 Å². The van der Waals surface area contributed by atoms with E-state index in [0.29, 0.717) is 39.9 Å². The van der Waals surface area contributed by atoms with Crippen LogP contribution in [-0.4, -0.2) is 46.1 Å². The van der Waals surface area contributed by atoms with E-state index in [-0.39, 0.29) is 24.9 Å². The maximum atomic E-state index is 12.6. The number of halogens is 1. The normalized spacial score (nSPS) is 13.8. The third-order valence-electron chi connectivity index (χ3n) is 5.36. The Kier molecular flexibility index (Phi) is 8.97. The Labute approximate surface area is 223 Å². The minimum absolute atomic E-state index is 0.0428. The average Bonchev–Trinajstić information content (AvgIpc) is 3.60. The van der Waals surface area contributed by atoms with Crippen LogP contribution in [0.5, 0.6) is 16.7 Å². The molecule has 0 bridgehead atoms. The average molecular weight is 543 g/mol. The van der Waals surface area contributed by atoms with Crippen molar-refractivity contribution in [2.45, 2.75) is 32.2 Å². The van der Waals surface area contributed by atoms with Crippen LogP contribution in [0, 0.1) is 5.92 Å². The van der Waals surface area contributed by atoms with Gasteiger partial charge in [0.25, 0.3) is 11.1 Å². The molecule has 11 heteroatoms. The van der Waals surface area contributed by atoms with Gasteiger partial charge in [-0.2, -0.15) is 0 Å². The summed E-state index contributed by atoms with van der Waals surface area (Å²) in [7, 11) is 0. The first-order chi connectivity index (χ1) is 17.9. The lowest BCUT2D eigenvalue weighted by atomic mass is 10.2. The highest BCUT2D eigenvalue weighted by Gasteiger charge is 2.22. The van der Waals surface area contributed by atoms with E-state index in [1.165, 1.54) is 30.4 Å². The molecule has 194 valence electrons. The number of nitrogens with one attached hydrogen (secondary N) is 2. The molecule has 0 spiro atoms. The van der Waals surface area contributed by atoms with Gasteiger partial charge in [-0.1, -0.05) is 29.0 Å². The van der Waals surface area contributed by atoms with Gasteiger partial charge < -0.3 is 25.2 Å². The van der Waals surface area contributed by atoms with Gasteiger partial charge in [0.15, 0.2) is 0 Å². The molecule has 1 aliphatic carbocycles. The molecule has 9 nitrogen and oxygen atoms in total. The first-order valence-electron chi connectivity index (χ1n) is 11.8. The highest BCUT2D eigenvalue weighted by molar-refractivity contribution is 7.14. The number of aliphatic carboxylic acids is 1. The van der Waals surface area contributed by atoms with E-state index in [4.69, 9.17) is 26.2 Å². The van der Waals surface area contributed by atoms with Crippen LogP contribution in [0.3, 0.4) is 0 Å². The number of carbonyl (C=O) groups is 2. The lowest BCUT2D eigenvalue weighted by molar-refractivity contribution is -0.136. The number of amides is 1. The van der Waals surface area contributed by atoms with Gasteiger partial charge in [-0.15, -0.1) is 0 Å². The molecule has 0 radical (unpaired) electrons. The van der Waals surface area contributed by atoms with Crippen LogP contribution in [-0.2, 0) is 4.79 Å². The van der Waals surface area contributed by atoms with E-state index in [2.05, 4.69) is 20.6 Å². The Morgan fingerprint density at radius 3 is 2.86 bits per heavy atom. The van der Waals surface area contributed by atoms with Crippen molar-refractivity contribution in [3.8, 4) is 16.7 Å². The molecule has 1 aromatic carbocycles. The molecule has 0 saturated heterocycles. The second kappa shape index (κ2) is 12.6. The van der Waals surface area contributed by atoms with Gasteiger partial charge in [-0.3, -0.25) is 9.59 Å². The van der Waals surface area contributed by atoms with Crippen LogP contribution in [0.2, 0.25) is 5.02 Å². The summed E-state index contributed by atoms with van der Waals surface area (Å²) in [5, 5.41) is 15.4. The van der Waals surface area contributed by atoms with Crippen LogP contribution in [0.15, 0.2) is 48.8 Å². The van der Waals surface area contributed by atoms with Gasteiger partial charge in [-0.05, 0) is 56.0 Å². The summed E-state index contributed by atoms with van der Waals surface area (Å²) in [5.41, 5.74) is 0.419. The summed E-state index contributed by atoms with van der Waals surface area (Å²) >= 11 is 7.70. The zero-order chi connectivity index (χ0) is 26.2. The van der Waals surface area contributed by atoms with Crippen molar-refractivity contribution in [1.29, 1.82) is 0 Å². The summed E-state index contributed by atoms with van der Waals surface area (Å²) in [4.78, 5) is 32.5. The van der Waals surface area contributed by atoms with E-state index >= 15 is 0 Å². The molecule has 2 heterocycles. The van der Waals surface area contributed by atoms with Gasteiger partial charge in [-0.25, -0.2) is 9.97 Å². The molecule has 4 rings (SSSR count). The quantitative estimate of drug-likeness (QED) is 0.259. The molecule has 1 saturated carbocycles. The molecule has 1 atom stereocenters. The monoisotopic (exact) mass is 542 g/mol. The van der Waals surface area contributed by atoms with E-state index in [9.17, 15) is 9.59 Å². The van der Waals surface area contributed by atoms with Crippen LogP contribution in [0.4, 0.5) is 5.82 Å². The van der Waals surface area contributed by atoms with Crippen molar-refractivity contribution in [3.05, 3.63) is 64.3 Å². The van der Waals surface area contributed by atoms with Crippen molar-refractivity contribution in [2.75, 3.05) is 18.5 Å². The largest absolute Gasteiger partial charge is 0.493 e. The lowest BCUT2D eigenvalue weighted by Crippen LogP contribution is -2.31.